The maximum atomic E-state index is 10.7. The van der Waals surface area contributed by atoms with Crippen molar-refractivity contribution in [3.63, 3.8) is 0 Å². The highest BCUT2D eigenvalue weighted by Crippen LogP contribution is 2.04. The predicted molar refractivity (Wildman–Crippen MR) is 213 cm³/mol. The Labute approximate surface area is 298 Å². The van der Waals surface area contributed by atoms with Gasteiger partial charge in [-0.2, -0.15) is 0 Å². The van der Waals surface area contributed by atoms with Crippen LogP contribution in [0, 0.1) is 0 Å². The number of hydrogen-bond donors (Lipinski definition) is 4. The minimum atomic E-state index is -0.754. The molecule has 0 saturated heterocycles. The standard InChI is InChI=1S/C22H24B2N2O2.C18H16B2O2/c1-3-9-19(10-4-1)25-15-17-27-23-21-13-7-8-14-22(21)24-28-18-16-26-20-11-5-2-6-12-20;21-19(15-9-3-1-4-10-15)17-13-7-8-14-18(17)20(22)16-11-5-2-6-12-16/h1-14,25-26H,15-18H2;1-14,21-22H. The molecule has 0 aliphatic carbocycles. The highest BCUT2D eigenvalue weighted by atomic mass is 16.4. The van der Waals surface area contributed by atoms with E-state index < -0.39 is 13.8 Å². The molecule has 0 aromatic heterocycles. The van der Waals surface area contributed by atoms with E-state index in [1.165, 1.54) is 0 Å². The summed E-state index contributed by atoms with van der Waals surface area (Å²) in [5.74, 6) is 0. The molecule has 4 N–H and O–H groups in total. The number of benzene rings is 6. The van der Waals surface area contributed by atoms with E-state index in [0.29, 0.717) is 13.2 Å². The lowest BCUT2D eigenvalue weighted by Gasteiger charge is -2.15. The van der Waals surface area contributed by atoms with Crippen molar-refractivity contribution in [1.82, 2.24) is 0 Å². The molecule has 0 saturated carbocycles. The van der Waals surface area contributed by atoms with Gasteiger partial charge in [-0.15, -0.1) is 0 Å². The van der Waals surface area contributed by atoms with Gasteiger partial charge in [0, 0.05) is 37.7 Å². The van der Waals surface area contributed by atoms with Crippen LogP contribution in [0.25, 0.3) is 0 Å². The largest absolute Gasteiger partial charge is 0.443 e. The van der Waals surface area contributed by atoms with Gasteiger partial charge in [0.25, 0.3) is 0 Å². The molecule has 0 heterocycles. The van der Waals surface area contributed by atoms with Gasteiger partial charge in [-0.25, -0.2) is 0 Å². The first-order valence-corrected chi connectivity index (χ1v) is 16.8. The summed E-state index contributed by atoms with van der Waals surface area (Å²) in [5, 5.41) is 28.0. The minimum absolute atomic E-state index is 0.588. The second-order valence-electron chi connectivity index (χ2n) is 11.4. The molecule has 6 rings (SSSR count). The van der Waals surface area contributed by atoms with Gasteiger partial charge in [0.15, 0.2) is 0 Å². The summed E-state index contributed by atoms with van der Waals surface area (Å²) in [4.78, 5) is 0. The quantitative estimate of drug-likeness (QED) is 0.0947. The molecule has 0 aliphatic heterocycles. The summed E-state index contributed by atoms with van der Waals surface area (Å²) in [7, 11) is 3.56. The zero-order chi connectivity index (χ0) is 34.6. The first kappa shape index (κ1) is 36.3. The molecule has 0 fully saturated rings. The molecular formula is C40H40B4N2O4. The first-order chi connectivity index (χ1) is 24.7. The number of hydrogen-bond acceptors (Lipinski definition) is 6. The third kappa shape index (κ3) is 11.6. The van der Waals surface area contributed by atoms with Crippen molar-refractivity contribution in [2.45, 2.75) is 0 Å². The van der Waals surface area contributed by atoms with Crippen molar-refractivity contribution in [2.75, 3.05) is 36.9 Å². The molecule has 50 heavy (non-hydrogen) atoms. The lowest BCUT2D eigenvalue weighted by molar-refractivity contribution is 0.357. The maximum absolute atomic E-state index is 10.7. The van der Waals surface area contributed by atoms with Crippen molar-refractivity contribution < 1.29 is 19.4 Å². The third-order valence-electron chi connectivity index (χ3n) is 7.88. The van der Waals surface area contributed by atoms with Gasteiger partial charge in [-0.05, 0) is 46.1 Å². The van der Waals surface area contributed by atoms with Crippen LogP contribution in [-0.2, 0) is 9.31 Å². The second kappa shape index (κ2) is 20.5. The average Bonchev–Trinajstić information content (AvgIpc) is 3.19. The van der Waals surface area contributed by atoms with E-state index in [4.69, 9.17) is 9.31 Å². The van der Waals surface area contributed by atoms with E-state index in [1.807, 2.05) is 170 Å². The molecule has 0 amide bonds. The van der Waals surface area contributed by atoms with E-state index in [-0.39, 0.29) is 0 Å². The van der Waals surface area contributed by atoms with Crippen molar-refractivity contribution in [2.24, 2.45) is 0 Å². The number of rotatable bonds is 16. The fourth-order valence-electron chi connectivity index (χ4n) is 5.28. The van der Waals surface area contributed by atoms with Crippen molar-refractivity contribution >= 4 is 72.9 Å². The minimum Gasteiger partial charge on any atom is -0.443 e. The van der Waals surface area contributed by atoms with E-state index in [1.54, 1.807) is 15.0 Å². The van der Waals surface area contributed by atoms with Gasteiger partial charge in [0.1, 0.15) is 0 Å². The summed E-state index contributed by atoms with van der Waals surface area (Å²) in [6.07, 6.45) is 0. The summed E-state index contributed by atoms with van der Waals surface area (Å²) in [6, 6.07) is 54.7. The third-order valence-corrected chi connectivity index (χ3v) is 7.88. The zero-order valence-electron chi connectivity index (χ0n) is 28.0. The molecule has 0 unspecified atom stereocenters. The van der Waals surface area contributed by atoms with Gasteiger partial charge in [-0.1, -0.05) is 157 Å². The van der Waals surface area contributed by atoms with Gasteiger partial charge in [0.2, 0.25) is 0 Å². The molecule has 246 valence electrons. The van der Waals surface area contributed by atoms with Crippen molar-refractivity contribution in [3.8, 4) is 0 Å². The van der Waals surface area contributed by atoms with Crippen LogP contribution in [0.4, 0.5) is 11.4 Å². The van der Waals surface area contributed by atoms with Gasteiger partial charge in [-0.3, -0.25) is 0 Å². The van der Waals surface area contributed by atoms with Gasteiger partial charge >= 0.3 is 28.8 Å². The van der Waals surface area contributed by atoms with Crippen LogP contribution in [0.2, 0.25) is 0 Å². The molecule has 0 bridgehead atoms. The highest BCUT2D eigenvalue weighted by Gasteiger charge is 2.26. The molecule has 6 aromatic rings. The molecule has 6 aromatic carbocycles. The Bertz CT molecular complexity index is 1670. The van der Waals surface area contributed by atoms with Crippen LogP contribution in [0.1, 0.15) is 0 Å². The summed E-state index contributed by atoms with van der Waals surface area (Å²) in [5.41, 5.74) is 7.27. The summed E-state index contributed by atoms with van der Waals surface area (Å²) < 4.78 is 11.4. The topological polar surface area (TPSA) is 83.0 Å². The van der Waals surface area contributed by atoms with Gasteiger partial charge < -0.3 is 30.0 Å². The van der Waals surface area contributed by atoms with E-state index in [0.717, 1.165) is 57.2 Å². The monoisotopic (exact) mass is 656 g/mol. The summed E-state index contributed by atoms with van der Waals surface area (Å²) in [6.45, 7) is 1.16. The van der Waals surface area contributed by atoms with E-state index >= 15 is 0 Å². The van der Waals surface area contributed by atoms with Crippen LogP contribution in [0.3, 0.4) is 0 Å². The van der Waals surface area contributed by atoms with E-state index in [9.17, 15) is 10.0 Å². The van der Waals surface area contributed by atoms with Crippen molar-refractivity contribution in [3.05, 3.63) is 170 Å². The fourth-order valence-corrected chi connectivity index (χ4v) is 5.28. The molecule has 0 spiro atoms. The smallest absolute Gasteiger partial charge is 0.358 e. The number of nitrogens with one attached hydrogen (secondary N) is 2. The molecule has 2 radical (unpaired) electrons. The Morgan fingerprint density at radius 1 is 0.420 bits per heavy atom. The normalized spacial score (nSPS) is 10.3. The Kier molecular flexibility index (Phi) is 14.9. The van der Waals surface area contributed by atoms with Crippen molar-refractivity contribution in [1.29, 1.82) is 0 Å². The predicted octanol–water partition coefficient (Wildman–Crippen LogP) is 2.32. The lowest BCUT2D eigenvalue weighted by atomic mass is 9.45. The average molecular weight is 656 g/mol. The molecule has 6 nitrogen and oxygen atoms in total. The Morgan fingerprint density at radius 3 is 1.12 bits per heavy atom. The van der Waals surface area contributed by atoms with E-state index in [2.05, 4.69) is 10.6 Å². The second-order valence-corrected chi connectivity index (χ2v) is 11.4. The van der Waals surface area contributed by atoms with Crippen LogP contribution in [-0.4, -0.2) is 65.1 Å². The lowest BCUT2D eigenvalue weighted by Crippen LogP contribution is -2.57. The Morgan fingerprint density at radius 2 is 0.740 bits per heavy atom. The van der Waals surface area contributed by atoms with Crippen LogP contribution in [0.15, 0.2) is 170 Å². The molecule has 10 heteroatoms. The Balaban J connectivity index is 0.000000200. The molecule has 0 aliphatic rings. The first-order valence-electron chi connectivity index (χ1n) is 16.8. The highest BCUT2D eigenvalue weighted by molar-refractivity contribution is 6.89. The molecule has 0 atom stereocenters. The van der Waals surface area contributed by atoms with Crippen LogP contribution < -0.4 is 43.4 Å². The summed E-state index contributed by atoms with van der Waals surface area (Å²) >= 11 is 0. The van der Waals surface area contributed by atoms with Crippen LogP contribution >= 0.6 is 0 Å². The van der Waals surface area contributed by atoms with Gasteiger partial charge in [0.05, 0.1) is 0 Å². The maximum Gasteiger partial charge on any atom is 0.358 e. The Hall–Kier alpha value is -4.98. The fraction of sp³-hybridized carbons (Fsp3) is 0.100. The van der Waals surface area contributed by atoms with Crippen LogP contribution in [0.5, 0.6) is 0 Å². The SMILES string of the molecule is OB(c1ccccc1)c1ccccc1B(O)c1ccccc1.[B](OCCNc1ccccc1)c1ccccc1[B]OCCNc1ccccc1. The molecular weight excluding hydrogens is 616 g/mol. The zero-order valence-corrected chi connectivity index (χ0v) is 28.0. The number of para-hydroxylation sites is 2. The number of anilines is 2.